The van der Waals surface area contributed by atoms with Gasteiger partial charge in [-0.15, -0.1) is 0 Å². The van der Waals surface area contributed by atoms with Gasteiger partial charge in [-0.2, -0.15) is 26.7 Å². The van der Waals surface area contributed by atoms with Crippen LogP contribution in [0.2, 0.25) is 0 Å². The summed E-state index contributed by atoms with van der Waals surface area (Å²) < 4.78 is 92.7. The van der Waals surface area contributed by atoms with Gasteiger partial charge in [0.15, 0.2) is 17.3 Å². The lowest BCUT2D eigenvalue weighted by Crippen LogP contribution is -2.31. The predicted octanol–water partition coefficient (Wildman–Crippen LogP) is 3.24. The summed E-state index contributed by atoms with van der Waals surface area (Å²) in [6, 6.07) is 11.9. The molecule has 42 heavy (non-hydrogen) atoms. The van der Waals surface area contributed by atoms with E-state index >= 15 is 0 Å². The molecule has 4 aromatic rings. The van der Waals surface area contributed by atoms with E-state index in [4.69, 9.17) is 22.3 Å². The van der Waals surface area contributed by atoms with Crippen LogP contribution in [-0.2, 0) is 29.5 Å². The van der Waals surface area contributed by atoms with Crippen LogP contribution in [0.3, 0.4) is 0 Å². The zero-order chi connectivity index (χ0) is 31.1. The number of amides is 1. The van der Waals surface area contributed by atoms with Gasteiger partial charge < -0.3 is 14.6 Å². The monoisotopic (exact) mass is 613 g/mol. The van der Waals surface area contributed by atoms with Crippen molar-refractivity contribution >= 4 is 16.3 Å². The Morgan fingerprint density at radius 3 is 2.40 bits per heavy atom. The maximum absolute atomic E-state index is 14.8. The smallest absolute Gasteiger partial charge is 0.435 e. The van der Waals surface area contributed by atoms with E-state index in [1.807, 2.05) is 0 Å². The van der Waals surface area contributed by atoms with Crippen LogP contribution in [0.4, 0.5) is 17.6 Å². The van der Waals surface area contributed by atoms with E-state index in [1.165, 1.54) is 30.0 Å². The number of carbonyl (C=O) groups is 1. The molecule has 0 aliphatic carbocycles. The fraction of sp³-hybridized carbons (Fsp3) is 0.200. The lowest BCUT2D eigenvalue weighted by molar-refractivity contribution is -0.141. The number of carbonyl (C=O) groups excluding carboxylic acids is 1. The highest BCUT2D eigenvalue weighted by atomic mass is 32.3. The highest BCUT2D eigenvalue weighted by Crippen LogP contribution is 2.31. The second-order valence-corrected chi connectivity index (χ2v) is 9.40. The van der Waals surface area contributed by atoms with E-state index in [0.717, 1.165) is 11.8 Å². The zero-order valence-corrected chi connectivity index (χ0v) is 22.4. The van der Waals surface area contributed by atoms with Crippen molar-refractivity contribution in [2.45, 2.75) is 25.2 Å². The Balaban J connectivity index is 0.000000892. The maximum Gasteiger partial charge on any atom is 0.435 e. The molecule has 0 radical (unpaired) electrons. The van der Waals surface area contributed by atoms with Crippen molar-refractivity contribution in [2.24, 2.45) is 0 Å². The molecular formula is C25H23F4N5O7S. The molecule has 17 heteroatoms. The molecule has 224 valence electrons. The summed E-state index contributed by atoms with van der Waals surface area (Å²) in [5.74, 6) is -1.86. The fourth-order valence-electron chi connectivity index (χ4n) is 3.77. The van der Waals surface area contributed by atoms with Crippen LogP contribution in [0.25, 0.3) is 0 Å². The number of hydrogen-bond acceptors (Lipinski definition) is 7. The van der Waals surface area contributed by atoms with Gasteiger partial charge in [-0.1, -0.05) is 30.3 Å². The van der Waals surface area contributed by atoms with Gasteiger partial charge in [0, 0.05) is 37.1 Å². The van der Waals surface area contributed by atoms with E-state index in [9.17, 15) is 27.2 Å². The summed E-state index contributed by atoms with van der Waals surface area (Å²) >= 11 is 0. The van der Waals surface area contributed by atoms with Crippen LogP contribution in [0.15, 0.2) is 71.9 Å². The summed E-state index contributed by atoms with van der Waals surface area (Å²) in [7, 11) is -3.38. The average molecular weight is 614 g/mol. The van der Waals surface area contributed by atoms with E-state index in [-0.39, 0.29) is 30.0 Å². The first-order chi connectivity index (χ1) is 19.7. The lowest BCUT2D eigenvalue weighted by atomic mass is 9.99. The molecule has 3 aromatic heterocycles. The van der Waals surface area contributed by atoms with Crippen LogP contribution in [0, 0.1) is 5.82 Å². The van der Waals surface area contributed by atoms with Crippen LogP contribution < -0.4 is 15.6 Å². The van der Waals surface area contributed by atoms with Crippen molar-refractivity contribution in [3.05, 3.63) is 111 Å². The number of hydrogen-bond donors (Lipinski definition) is 4. The number of alkyl halides is 3. The van der Waals surface area contributed by atoms with E-state index < -0.39 is 45.6 Å². The lowest BCUT2D eigenvalue weighted by Gasteiger charge is -2.20. The third-order valence-electron chi connectivity index (χ3n) is 5.64. The number of rotatable bonds is 8. The minimum atomic E-state index is -4.85. The average Bonchev–Trinajstić information content (AvgIpc) is 3.42. The molecule has 12 nitrogen and oxygen atoms in total. The van der Waals surface area contributed by atoms with Crippen molar-refractivity contribution < 1.29 is 44.6 Å². The molecule has 0 fully saturated rings. The van der Waals surface area contributed by atoms with Crippen LogP contribution in [0.5, 0.6) is 5.75 Å². The Hall–Kier alpha value is -4.61. The summed E-state index contributed by atoms with van der Waals surface area (Å²) in [6.07, 6.45) is -1.21. The van der Waals surface area contributed by atoms with Gasteiger partial charge in [0.25, 0.3) is 11.5 Å². The molecule has 0 bridgehead atoms. The third kappa shape index (κ3) is 8.95. The number of aromatic nitrogens is 4. The fourth-order valence-corrected chi connectivity index (χ4v) is 3.77. The van der Waals surface area contributed by atoms with Gasteiger partial charge in [-0.25, -0.2) is 4.39 Å². The number of H-pyrrole nitrogens is 1. The molecule has 0 aliphatic rings. The number of halogens is 4. The number of nitrogens with one attached hydrogen (secondary N) is 2. The number of aromatic amines is 1. The van der Waals surface area contributed by atoms with Gasteiger partial charge in [-0.3, -0.25) is 28.8 Å². The summed E-state index contributed by atoms with van der Waals surface area (Å²) in [5, 5.41) is 7.74. The molecule has 1 unspecified atom stereocenters. The number of methoxy groups -OCH3 is 1. The first-order valence-electron chi connectivity index (χ1n) is 11.7. The molecular weight excluding hydrogens is 590 g/mol. The minimum Gasteiger partial charge on any atom is -0.494 e. The second kappa shape index (κ2) is 13.4. The van der Waals surface area contributed by atoms with Crippen LogP contribution in [0.1, 0.15) is 38.9 Å². The molecule has 0 aliphatic heterocycles. The van der Waals surface area contributed by atoms with Gasteiger partial charge in [0.2, 0.25) is 0 Å². The number of benzene rings is 1. The van der Waals surface area contributed by atoms with Gasteiger partial charge in [0.1, 0.15) is 0 Å². The molecule has 4 N–H and O–H groups in total. The largest absolute Gasteiger partial charge is 0.494 e. The van der Waals surface area contributed by atoms with E-state index in [2.05, 4.69) is 20.5 Å². The number of pyridine rings is 2. The quantitative estimate of drug-likeness (QED) is 0.172. The molecule has 0 saturated carbocycles. The maximum atomic E-state index is 14.8. The molecule has 1 amide bonds. The van der Waals surface area contributed by atoms with Crippen molar-refractivity contribution in [1.29, 1.82) is 0 Å². The van der Waals surface area contributed by atoms with E-state index in [0.29, 0.717) is 5.56 Å². The van der Waals surface area contributed by atoms with Crippen molar-refractivity contribution in [2.75, 3.05) is 7.11 Å². The number of nitrogens with zero attached hydrogens (tertiary/aromatic N) is 3. The molecule has 4 rings (SSSR count). The SMILES string of the molecule is COc1ccnc(CC(NC(=O)c2c[nH]nc2C(F)(F)F)c2ccc(Cn3ccccc3=O)cc2)c1F.O=S(=O)(O)O. The minimum absolute atomic E-state index is 0.0483. The molecule has 0 saturated heterocycles. The van der Waals surface area contributed by atoms with Crippen molar-refractivity contribution in [1.82, 2.24) is 25.1 Å². The summed E-state index contributed by atoms with van der Waals surface area (Å²) in [5.41, 5.74) is -1.04. The van der Waals surface area contributed by atoms with Crippen molar-refractivity contribution in [3.8, 4) is 5.75 Å². The second-order valence-electron chi connectivity index (χ2n) is 8.51. The standard InChI is InChI=1S/C25H21F4N5O3.H2O4S/c1-37-20-9-10-30-19(22(20)26)12-18(32-24(36)17-13-31-33-23(17)25(27,28)29)16-7-5-15(6-8-16)14-34-11-3-2-4-21(34)35;1-5(2,3)4/h2-11,13,18H,12,14H2,1H3,(H,31,33)(H,32,36);(H2,1,2,3,4). The first-order valence-corrected chi connectivity index (χ1v) is 13.1. The Morgan fingerprint density at radius 1 is 1.14 bits per heavy atom. The highest BCUT2D eigenvalue weighted by molar-refractivity contribution is 7.79. The van der Waals surface area contributed by atoms with Gasteiger partial charge >= 0.3 is 16.6 Å². The Labute approximate surface area is 235 Å². The molecule has 0 spiro atoms. The van der Waals surface area contributed by atoms with E-state index in [1.54, 1.807) is 42.6 Å². The molecule has 1 atom stereocenters. The summed E-state index contributed by atoms with van der Waals surface area (Å²) in [6.45, 7) is 0.285. The van der Waals surface area contributed by atoms with Crippen LogP contribution in [-0.4, -0.2) is 50.3 Å². The zero-order valence-electron chi connectivity index (χ0n) is 21.5. The first kappa shape index (κ1) is 31.9. The molecule has 3 heterocycles. The Morgan fingerprint density at radius 2 is 1.81 bits per heavy atom. The number of ether oxygens (including phenoxy) is 1. The third-order valence-corrected chi connectivity index (χ3v) is 5.64. The van der Waals surface area contributed by atoms with Crippen LogP contribution >= 0.6 is 0 Å². The highest BCUT2D eigenvalue weighted by Gasteiger charge is 2.38. The van der Waals surface area contributed by atoms with Crippen molar-refractivity contribution in [3.63, 3.8) is 0 Å². The topological polar surface area (TPSA) is 176 Å². The summed E-state index contributed by atoms with van der Waals surface area (Å²) in [4.78, 5) is 28.9. The molecule has 1 aromatic carbocycles. The Kier molecular flexibility index (Phi) is 10.2. The van der Waals surface area contributed by atoms with Gasteiger partial charge in [-0.05, 0) is 17.2 Å². The normalized spacial score (nSPS) is 12.2. The Bertz CT molecular complexity index is 1680. The van der Waals surface area contributed by atoms with Gasteiger partial charge in [0.05, 0.1) is 31.0 Å². The predicted molar refractivity (Wildman–Crippen MR) is 139 cm³/mol.